The zero-order valence-corrected chi connectivity index (χ0v) is 11.6. The van der Waals surface area contributed by atoms with Gasteiger partial charge in [-0.15, -0.1) is 0 Å². The van der Waals surface area contributed by atoms with E-state index < -0.39 is 0 Å². The number of benzene rings is 1. The number of hydrogen-bond donors (Lipinski definition) is 1. The van der Waals surface area contributed by atoms with Crippen molar-refractivity contribution in [2.24, 2.45) is 0 Å². The lowest BCUT2D eigenvalue weighted by atomic mass is 10.1. The summed E-state index contributed by atoms with van der Waals surface area (Å²) in [5, 5.41) is 3.34. The molecule has 2 aromatic rings. The summed E-state index contributed by atoms with van der Waals surface area (Å²) in [7, 11) is 0. The molecule has 0 aliphatic carbocycles. The maximum absolute atomic E-state index is 13.0. The number of halogens is 2. The molecule has 0 aliphatic rings. The molecule has 0 fully saturated rings. The van der Waals surface area contributed by atoms with Gasteiger partial charge in [0.05, 0.1) is 6.20 Å². The predicted molar refractivity (Wildman–Crippen MR) is 73.6 cm³/mol. The summed E-state index contributed by atoms with van der Waals surface area (Å²) in [6.07, 6.45) is 2.88. The van der Waals surface area contributed by atoms with Crippen molar-refractivity contribution < 1.29 is 4.39 Å². The molecule has 1 N–H and O–H groups in total. The minimum Gasteiger partial charge on any atom is -0.306 e. The Morgan fingerprint density at radius 2 is 2.00 bits per heavy atom. The average Bonchev–Trinajstić information content (AvgIpc) is 2.37. The lowest BCUT2D eigenvalue weighted by Gasteiger charge is -2.14. The van der Waals surface area contributed by atoms with E-state index in [0.29, 0.717) is 6.54 Å². The number of rotatable bonds is 4. The van der Waals surface area contributed by atoms with Crippen LogP contribution in [0.25, 0.3) is 0 Å². The van der Waals surface area contributed by atoms with Crippen LogP contribution in [-0.4, -0.2) is 4.98 Å². The van der Waals surface area contributed by atoms with Crippen molar-refractivity contribution in [2.45, 2.75) is 19.5 Å². The second-order valence-corrected chi connectivity index (χ2v) is 5.08. The van der Waals surface area contributed by atoms with Crippen molar-refractivity contribution in [3.63, 3.8) is 0 Å². The SMILES string of the molecule is C[C@@H](NCc1cncc(F)c1)c1ccc(Br)cc1. The van der Waals surface area contributed by atoms with Crippen LogP contribution in [0, 0.1) is 5.82 Å². The lowest BCUT2D eigenvalue weighted by Crippen LogP contribution is -2.18. The van der Waals surface area contributed by atoms with Gasteiger partial charge in [0.2, 0.25) is 0 Å². The number of nitrogens with zero attached hydrogens (tertiary/aromatic N) is 1. The molecule has 2 rings (SSSR count). The molecule has 0 saturated carbocycles. The van der Waals surface area contributed by atoms with Gasteiger partial charge < -0.3 is 5.32 Å². The van der Waals surface area contributed by atoms with Crippen molar-refractivity contribution in [2.75, 3.05) is 0 Å². The third-order valence-corrected chi connectivity index (χ3v) is 3.27. The van der Waals surface area contributed by atoms with Gasteiger partial charge in [-0.05, 0) is 36.2 Å². The number of aromatic nitrogens is 1. The van der Waals surface area contributed by atoms with Crippen LogP contribution in [0.5, 0.6) is 0 Å². The molecule has 2 nitrogen and oxygen atoms in total. The normalized spacial score (nSPS) is 12.4. The molecule has 0 radical (unpaired) electrons. The van der Waals surface area contributed by atoms with Gasteiger partial charge in [0.15, 0.2) is 0 Å². The van der Waals surface area contributed by atoms with E-state index in [1.807, 2.05) is 12.1 Å². The van der Waals surface area contributed by atoms with Gasteiger partial charge >= 0.3 is 0 Å². The van der Waals surface area contributed by atoms with Crippen molar-refractivity contribution in [1.29, 1.82) is 0 Å². The largest absolute Gasteiger partial charge is 0.306 e. The van der Waals surface area contributed by atoms with E-state index in [0.717, 1.165) is 10.0 Å². The first-order chi connectivity index (χ1) is 8.65. The average molecular weight is 309 g/mol. The quantitative estimate of drug-likeness (QED) is 0.928. The number of hydrogen-bond acceptors (Lipinski definition) is 2. The lowest BCUT2D eigenvalue weighted by molar-refractivity contribution is 0.566. The molecule has 1 heterocycles. The van der Waals surface area contributed by atoms with E-state index in [4.69, 9.17) is 0 Å². The molecule has 0 spiro atoms. The molecule has 0 bridgehead atoms. The third kappa shape index (κ3) is 3.62. The summed E-state index contributed by atoms with van der Waals surface area (Å²) in [5.41, 5.74) is 2.04. The highest BCUT2D eigenvalue weighted by atomic mass is 79.9. The molecule has 94 valence electrons. The van der Waals surface area contributed by atoms with Crippen molar-refractivity contribution >= 4 is 15.9 Å². The topological polar surface area (TPSA) is 24.9 Å². The van der Waals surface area contributed by atoms with Crippen molar-refractivity contribution in [1.82, 2.24) is 10.3 Å². The van der Waals surface area contributed by atoms with Crippen LogP contribution < -0.4 is 5.32 Å². The van der Waals surface area contributed by atoms with Gasteiger partial charge in [0.1, 0.15) is 5.82 Å². The predicted octanol–water partition coefficient (Wildman–Crippen LogP) is 3.83. The minimum absolute atomic E-state index is 0.210. The van der Waals surface area contributed by atoms with E-state index in [2.05, 4.69) is 45.3 Å². The zero-order chi connectivity index (χ0) is 13.0. The smallest absolute Gasteiger partial charge is 0.141 e. The van der Waals surface area contributed by atoms with Gasteiger partial charge in [-0.2, -0.15) is 0 Å². The molecular formula is C14H14BrFN2. The minimum atomic E-state index is -0.300. The Morgan fingerprint density at radius 1 is 1.28 bits per heavy atom. The first-order valence-electron chi connectivity index (χ1n) is 5.73. The summed E-state index contributed by atoms with van der Waals surface area (Å²) < 4.78 is 14.0. The van der Waals surface area contributed by atoms with Gasteiger partial charge in [-0.25, -0.2) is 4.39 Å². The van der Waals surface area contributed by atoms with Gasteiger partial charge in [0.25, 0.3) is 0 Å². The fourth-order valence-corrected chi connectivity index (χ4v) is 1.96. The van der Waals surface area contributed by atoms with Crippen LogP contribution in [0.15, 0.2) is 47.2 Å². The van der Waals surface area contributed by atoms with Crippen LogP contribution in [0.2, 0.25) is 0 Å². The van der Waals surface area contributed by atoms with Gasteiger partial charge in [0, 0.05) is 23.3 Å². The van der Waals surface area contributed by atoms with E-state index >= 15 is 0 Å². The Balaban J connectivity index is 1.96. The third-order valence-electron chi connectivity index (χ3n) is 2.74. The Morgan fingerprint density at radius 3 is 2.67 bits per heavy atom. The summed E-state index contributed by atoms with van der Waals surface area (Å²) in [6.45, 7) is 2.68. The molecule has 1 aromatic carbocycles. The van der Waals surface area contributed by atoms with E-state index in [-0.39, 0.29) is 11.9 Å². The molecule has 4 heteroatoms. The fourth-order valence-electron chi connectivity index (χ4n) is 1.69. The van der Waals surface area contributed by atoms with Gasteiger partial charge in [-0.3, -0.25) is 4.98 Å². The maximum Gasteiger partial charge on any atom is 0.141 e. The number of pyridine rings is 1. The maximum atomic E-state index is 13.0. The standard InChI is InChI=1S/C14H14BrFN2/c1-10(12-2-4-13(15)5-3-12)18-8-11-6-14(16)9-17-7-11/h2-7,9-10,18H,8H2,1H3/t10-/m1/s1. The highest BCUT2D eigenvalue weighted by molar-refractivity contribution is 9.10. The molecule has 0 unspecified atom stereocenters. The molecular weight excluding hydrogens is 295 g/mol. The van der Waals surface area contributed by atoms with E-state index in [1.165, 1.54) is 17.8 Å². The first-order valence-corrected chi connectivity index (χ1v) is 6.53. The molecule has 1 aromatic heterocycles. The highest BCUT2D eigenvalue weighted by Crippen LogP contribution is 2.16. The molecule has 1 atom stereocenters. The number of nitrogens with one attached hydrogen (secondary N) is 1. The zero-order valence-electron chi connectivity index (χ0n) is 10.0. The van der Waals surface area contributed by atoms with E-state index in [1.54, 1.807) is 6.20 Å². The van der Waals surface area contributed by atoms with Crippen molar-refractivity contribution in [3.8, 4) is 0 Å². The van der Waals surface area contributed by atoms with Crippen LogP contribution in [0.4, 0.5) is 4.39 Å². The molecule has 0 saturated heterocycles. The molecule has 0 aliphatic heterocycles. The van der Waals surface area contributed by atoms with Crippen molar-refractivity contribution in [3.05, 3.63) is 64.1 Å². The second kappa shape index (κ2) is 6.07. The van der Waals surface area contributed by atoms with E-state index in [9.17, 15) is 4.39 Å². The summed E-state index contributed by atoms with van der Waals surface area (Å²) in [4.78, 5) is 3.83. The Labute approximate surface area is 114 Å². The summed E-state index contributed by atoms with van der Waals surface area (Å²) in [6, 6.07) is 9.85. The Hall–Kier alpha value is -1.26. The van der Waals surface area contributed by atoms with Crippen LogP contribution in [-0.2, 0) is 6.54 Å². The van der Waals surface area contributed by atoms with Crippen LogP contribution >= 0.6 is 15.9 Å². The summed E-state index contributed by atoms with van der Waals surface area (Å²) in [5.74, 6) is -0.300. The highest BCUT2D eigenvalue weighted by Gasteiger charge is 2.05. The second-order valence-electron chi connectivity index (χ2n) is 4.17. The Kier molecular flexibility index (Phi) is 4.44. The summed E-state index contributed by atoms with van der Waals surface area (Å²) >= 11 is 3.41. The molecule has 18 heavy (non-hydrogen) atoms. The Bertz CT molecular complexity index is 513. The van der Waals surface area contributed by atoms with Gasteiger partial charge in [-0.1, -0.05) is 28.1 Å². The monoisotopic (exact) mass is 308 g/mol. The fraction of sp³-hybridized carbons (Fsp3) is 0.214. The van der Waals surface area contributed by atoms with Crippen LogP contribution in [0.3, 0.4) is 0 Å². The van der Waals surface area contributed by atoms with Crippen LogP contribution in [0.1, 0.15) is 24.1 Å². The first kappa shape index (κ1) is 13.2. The molecule has 0 amide bonds.